The van der Waals surface area contributed by atoms with E-state index in [9.17, 15) is 4.79 Å². The summed E-state index contributed by atoms with van der Waals surface area (Å²) in [6.45, 7) is 12.5. The molecule has 0 saturated heterocycles. The van der Waals surface area contributed by atoms with Crippen LogP contribution < -0.4 is 0 Å². The van der Waals surface area contributed by atoms with Crippen molar-refractivity contribution in [3.63, 3.8) is 0 Å². The molecule has 0 bridgehead atoms. The summed E-state index contributed by atoms with van der Waals surface area (Å²) in [6.07, 6.45) is 0. The van der Waals surface area contributed by atoms with E-state index in [1.54, 1.807) is 39.0 Å². The number of fused-ring (bicyclic) bond motifs is 1. The Morgan fingerprint density at radius 3 is 2.80 bits per heavy atom. The van der Waals surface area contributed by atoms with Crippen LogP contribution in [0.4, 0.5) is 5.82 Å². The first-order valence-corrected chi connectivity index (χ1v) is 6.43. The third-order valence-electron chi connectivity index (χ3n) is 2.50. The van der Waals surface area contributed by atoms with Crippen molar-refractivity contribution in [1.29, 1.82) is 0 Å². The van der Waals surface area contributed by atoms with Gasteiger partial charge in [0.05, 0.1) is 5.52 Å². The SMILES string of the molecule is [C-]#[N+]c1nn(CC(=O)OC(C)(C)C)c2ccc(Cl)cc12. The monoisotopic (exact) mass is 291 g/mol. The molecule has 0 aliphatic rings. The molecular formula is C14H14ClN3O2. The van der Waals surface area contributed by atoms with Crippen molar-refractivity contribution in [2.75, 3.05) is 0 Å². The summed E-state index contributed by atoms with van der Waals surface area (Å²) in [4.78, 5) is 15.2. The summed E-state index contributed by atoms with van der Waals surface area (Å²) in [5.74, 6) is -0.167. The summed E-state index contributed by atoms with van der Waals surface area (Å²) in [5.41, 5.74) is 0.137. The van der Waals surface area contributed by atoms with Crippen LogP contribution in [0.25, 0.3) is 15.7 Å². The van der Waals surface area contributed by atoms with Crippen molar-refractivity contribution in [2.45, 2.75) is 32.9 Å². The summed E-state index contributed by atoms with van der Waals surface area (Å²) in [7, 11) is 0. The van der Waals surface area contributed by atoms with Gasteiger partial charge in [0.2, 0.25) is 0 Å². The lowest BCUT2D eigenvalue weighted by atomic mass is 10.2. The molecule has 0 amide bonds. The zero-order chi connectivity index (χ0) is 14.9. The van der Waals surface area contributed by atoms with Crippen molar-refractivity contribution >= 4 is 34.3 Å². The number of hydrogen-bond acceptors (Lipinski definition) is 3. The molecule has 2 rings (SSSR count). The molecule has 2 aromatic rings. The molecule has 0 spiro atoms. The summed E-state index contributed by atoms with van der Waals surface area (Å²) in [5, 5.41) is 5.28. The number of benzene rings is 1. The van der Waals surface area contributed by atoms with Crippen molar-refractivity contribution in [3.05, 3.63) is 34.6 Å². The Morgan fingerprint density at radius 1 is 1.50 bits per heavy atom. The van der Waals surface area contributed by atoms with Gasteiger partial charge in [0.15, 0.2) is 6.54 Å². The van der Waals surface area contributed by atoms with Gasteiger partial charge in [-0.3, -0.25) is 0 Å². The van der Waals surface area contributed by atoms with Crippen LogP contribution in [-0.2, 0) is 16.1 Å². The molecule has 1 aromatic heterocycles. The van der Waals surface area contributed by atoms with Gasteiger partial charge in [0, 0.05) is 10.4 Å². The van der Waals surface area contributed by atoms with Crippen molar-refractivity contribution in [2.24, 2.45) is 0 Å². The smallest absolute Gasteiger partial charge is 0.330 e. The zero-order valence-corrected chi connectivity index (χ0v) is 12.2. The van der Waals surface area contributed by atoms with E-state index >= 15 is 0 Å². The lowest BCUT2D eigenvalue weighted by Crippen LogP contribution is -2.26. The maximum Gasteiger partial charge on any atom is 0.330 e. The Hall–Kier alpha value is -2.06. The van der Waals surface area contributed by atoms with Gasteiger partial charge >= 0.3 is 11.8 Å². The molecule has 0 N–H and O–H groups in total. The highest BCUT2D eigenvalue weighted by molar-refractivity contribution is 6.31. The standard InChI is InChI=1S/C14H14ClN3O2/c1-14(2,3)20-12(19)8-18-11-6-5-9(15)7-10(11)13(16-4)17-18/h5-7H,8H2,1-3H3. The molecule has 0 unspecified atom stereocenters. The van der Waals surface area contributed by atoms with E-state index in [2.05, 4.69) is 9.94 Å². The van der Waals surface area contributed by atoms with Crippen molar-refractivity contribution in [1.82, 2.24) is 9.78 Å². The Kier molecular flexibility index (Phi) is 3.69. The number of nitrogens with zero attached hydrogens (tertiary/aromatic N) is 3. The third kappa shape index (κ3) is 3.09. The highest BCUT2D eigenvalue weighted by Gasteiger charge is 2.20. The summed E-state index contributed by atoms with van der Waals surface area (Å²) in [6, 6.07) is 5.11. The van der Waals surface area contributed by atoms with E-state index in [-0.39, 0.29) is 12.4 Å². The second-order valence-electron chi connectivity index (χ2n) is 5.34. The average molecular weight is 292 g/mol. The Morgan fingerprint density at radius 2 is 2.20 bits per heavy atom. The molecule has 0 aliphatic heterocycles. The van der Waals surface area contributed by atoms with Gasteiger partial charge in [-0.05, 0) is 44.1 Å². The fourth-order valence-electron chi connectivity index (χ4n) is 1.83. The number of carbonyl (C=O) groups is 1. The first-order valence-electron chi connectivity index (χ1n) is 6.05. The fourth-order valence-corrected chi connectivity index (χ4v) is 2.01. The van der Waals surface area contributed by atoms with Gasteiger partial charge in [0.1, 0.15) is 5.60 Å². The van der Waals surface area contributed by atoms with E-state index in [0.29, 0.717) is 15.9 Å². The molecule has 5 nitrogen and oxygen atoms in total. The van der Waals surface area contributed by atoms with Crippen molar-refractivity contribution < 1.29 is 9.53 Å². The summed E-state index contributed by atoms with van der Waals surface area (Å²) >= 11 is 5.92. The molecule has 1 aromatic carbocycles. The second-order valence-corrected chi connectivity index (χ2v) is 5.78. The van der Waals surface area contributed by atoms with Crippen LogP contribution in [-0.4, -0.2) is 21.4 Å². The van der Waals surface area contributed by atoms with Gasteiger partial charge in [-0.15, -0.1) is 0 Å². The van der Waals surface area contributed by atoms with Crippen LogP contribution in [0.15, 0.2) is 18.2 Å². The van der Waals surface area contributed by atoms with Crippen LogP contribution in [0.1, 0.15) is 20.8 Å². The second kappa shape index (κ2) is 5.14. The molecule has 0 aliphatic carbocycles. The van der Waals surface area contributed by atoms with E-state index in [1.165, 1.54) is 4.68 Å². The van der Waals surface area contributed by atoms with Crippen LogP contribution in [0.2, 0.25) is 5.02 Å². The van der Waals surface area contributed by atoms with E-state index < -0.39 is 11.6 Å². The van der Waals surface area contributed by atoms with Gasteiger partial charge in [0.25, 0.3) is 0 Å². The number of rotatable bonds is 2. The molecule has 104 valence electrons. The van der Waals surface area contributed by atoms with Gasteiger partial charge in [-0.1, -0.05) is 18.2 Å². The first kappa shape index (κ1) is 14.4. The van der Waals surface area contributed by atoms with E-state index in [0.717, 1.165) is 0 Å². The highest BCUT2D eigenvalue weighted by atomic mass is 35.5. The zero-order valence-electron chi connectivity index (χ0n) is 11.5. The minimum atomic E-state index is -0.550. The van der Waals surface area contributed by atoms with Crippen LogP contribution >= 0.6 is 11.6 Å². The minimum Gasteiger partial charge on any atom is -0.459 e. The average Bonchev–Trinajstić information content (AvgIpc) is 2.64. The van der Waals surface area contributed by atoms with E-state index in [1.807, 2.05) is 0 Å². The first-order chi connectivity index (χ1) is 9.30. The predicted molar refractivity (Wildman–Crippen MR) is 76.9 cm³/mol. The maximum atomic E-state index is 11.8. The predicted octanol–water partition coefficient (Wildman–Crippen LogP) is 3.58. The normalized spacial score (nSPS) is 11.3. The Balaban J connectivity index is 2.36. The van der Waals surface area contributed by atoms with Crippen LogP contribution in [0.5, 0.6) is 0 Å². The molecular weight excluding hydrogens is 278 g/mol. The number of esters is 1. The van der Waals surface area contributed by atoms with E-state index in [4.69, 9.17) is 22.9 Å². The Bertz CT molecular complexity index is 708. The maximum absolute atomic E-state index is 11.8. The molecule has 0 fully saturated rings. The van der Waals surface area contributed by atoms with Gasteiger partial charge < -0.3 is 9.58 Å². The number of aromatic nitrogens is 2. The highest BCUT2D eigenvalue weighted by Crippen LogP contribution is 2.28. The fraction of sp³-hybridized carbons (Fsp3) is 0.357. The number of halogens is 1. The topological polar surface area (TPSA) is 48.5 Å². The van der Waals surface area contributed by atoms with Crippen molar-refractivity contribution in [3.8, 4) is 0 Å². The third-order valence-corrected chi connectivity index (χ3v) is 2.73. The van der Waals surface area contributed by atoms with Crippen LogP contribution in [0.3, 0.4) is 0 Å². The molecule has 0 radical (unpaired) electrons. The molecule has 0 atom stereocenters. The largest absolute Gasteiger partial charge is 0.459 e. The lowest BCUT2D eigenvalue weighted by molar-refractivity contribution is -0.155. The molecule has 0 saturated carbocycles. The number of carbonyl (C=O) groups excluding carboxylic acids is 1. The van der Waals surface area contributed by atoms with Gasteiger partial charge in [-0.2, -0.15) is 4.68 Å². The lowest BCUT2D eigenvalue weighted by Gasteiger charge is -2.19. The Labute approximate surface area is 121 Å². The molecule has 20 heavy (non-hydrogen) atoms. The summed E-state index contributed by atoms with van der Waals surface area (Å²) < 4.78 is 6.72. The minimum absolute atomic E-state index is 0.0368. The van der Waals surface area contributed by atoms with Gasteiger partial charge in [-0.25, -0.2) is 4.79 Å². The van der Waals surface area contributed by atoms with Crippen LogP contribution in [0, 0.1) is 6.57 Å². The number of hydrogen-bond donors (Lipinski definition) is 0. The molecule has 6 heteroatoms. The number of ether oxygens (including phenoxy) is 1. The molecule has 1 heterocycles. The quantitative estimate of drug-likeness (QED) is 0.627.